The molecule has 2 rings (SSSR count). The van der Waals surface area contributed by atoms with E-state index in [-0.39, 0.29) is 5.75 Å². The summed E-state index contributed by atoms with van der Waals surface area (Å²) in [5.74, 6) is 1.35. The number of benzene rings is 1. The van der Waals surface area contributed by atoms with E-state index in [1.165, 1.54) is 55.6 Å². The summed E-state index contributed by atoms with van der Waals surface area (Å²) in [6.45, 7) is 6.44. The zero-order valence-electron chi connectivity index (χ0n) is 19.4. The maximum absolute atomic E-state index is 12.6. The van der Waals surface area contributed by atoms with Crippen molar-refractivity contribution in [2.75, 3.05) is 33.7 Å². The summed E-state index contributed by atoms with van der Waals surface area (Å²) >= 11 is 0. The summed E-state index contributed by atoms with van der Waals surface area (Å²) in [6.07, 6.45) is 6.64. The number of ether oxygens (including phenoxy) is 1. The molecule has 1 aromatic carbocycles. The van der Waals surface area contributed by atoms with E-state index in [2.05, 4.69) is 18.5 Å². The van der Waals surface area contributed by atoms with E-state index < -0.39 is 17.8 Å². The van der Waals surface area contributed by atoms with Gasteiger partial charge < -0.3 is 14.5 Å². The molecule has 0 aromatic heterocycles. The second-order valence-corrected chi connectivity index (χ2v) is 9.06. The van der Waals surface area contributed by atoms with Gasteiger partial charge in [0.1, 0.15) is 5.75 Å². The first-order chi connectivity index (χ1) is 15.2. The highest BCUT2D eigenvalue weighted by Gasteiger charge is 2.30. The van der Waals surface area contributed by atoms with Gasteiger partial charge in [-0.1, -0.05) is 38.2 Å². The van der Waals surface area contributed by atoms with Crippen molar-refractivity contribution >= 4 is 6.09 Å². The summed E-state index contributed by atoms with van der Waals surface area (Å²) in [6, 6.07) is 4.20. The third kappa shape index (κ3) is 9.23. The lowest BCUT2D eigenvalue weighted by molar-refractivity contribution is -0.137. The smallest absolute Gasteiger partial charge is 0.410 e. The van der Waals surface area contributed by atoms with Crippen LogP contribution < -0.4 is 4.74 Å². The van der Waals surface area contributed by atoms with Gasteiger partial charge in [0, 0.05) is 20.1 Å². The number of amides is 1. The van der Waals surface area contributed by atoms with Crippen LogP contribution in [0.4, 0.5) is 18.0 Å². The number of nitrogens with zero attached hydrogens (tertiary/aromatic N) is 2. The van der Waals surface area contributed by atoms with Gasteiger partial charge >= 0.3 is 12.3 Å². The average Bonchev–Trinajstić information content (AvgIpc) is 2.74. The molecule has 180 valence electrons. The number of rotatable bonds is 11. The monoisotopic (exact) mass is 454 g/mol. The van der Waals surface area contributed by atoms with Gasteiger partial charge in [-0.25, -0.2) is 4.79 Å². The predicted octanol–water partition coefficient (Wildman–Crippen LogP) is 6.62. The van der Waals surface area contributed by atoms with Gasteiger partial charge in [0.25, 0.3) is 0 Å². The largest absolute Gasteiger partial charge is 0.416 e. The number of carbonyl (C=O) groups is 1. The van der Waals surface area contributed by atoms with Crippen LogP contribution in [0.3, 0.4) is 0 Å². The molecule has 0 spiro atoms. The van der Waals surface area contributed by atoms with Crippen molar-refractivity contribution in [2.24, 2.45) is 11.8 Å². The van der Waals surface area contributed by atoms with Crippen LogP contribution in [0.1, 0.15) is 56.9 Å². The Kier molecular flexibility index (Phi) is 10.6. The van der Waals surface area contributed by atoms with E-state index in [1.807, 2.05) is 6.08 Å². The Bertz CT molecular complexity index is 698. The van der Waals surface area contributed by atoms with Crippen molar-refractivity contribution < 1.29 is 22.7 Å². The number of hydrogen-bond acceptors (Lipinski definition) is 3. The lowest BCUT2D eigenvalue weighted by atomic mass is 9.79. The van der Waals surface area contributed by atoms with Gasteiger partial charge in [-0.15, -0.1) is 6.58 Å². The quantitative estimate of drug-likeness (QED) is 0.278. The Morgan fingerprint density at radius 3 is 2.28 bits per heavy atom. The van der Waals surface area contributed by atoms with Gasteiger partial charge in [-0.05, 0) is 69.0 Å². The van der Waals surface area contributed by atoms with Crippen LogP contribution >= 0.6 is 0 Å². The molecule has 0 saturated heterocycles. The average molecular weight is 455 g/mol. The second kappa shape index (κ2) is 12.9. The highest BCUT2D eigenvalue weighted by Crippen LogP contribution is 2.33. The molecule has 1 fully saturated rings. The fourth-order valence-corrected chi connectivity index (χ4v) is 4.36. The number of hydrogen-bond donors (Lipinski definition) is 0. The zero-order valence-corrected chi connectivity index (χ0v) is 19.4. The van der Waals surface area contributed by atoms with Crippen LogP contribution in [0.5, 0.6) is 5.75 Å². The van der Waals surface area contributed by atoms with Crippen LogP contribution in [-0.2, 0) is 6.18 Å². The van der Waals surface area contributed by atoms with Gasteiger partial charge in [-0.3, -0.25) is 0 Å². The molecule has 32 heavy (non-hydrogen) atoms. The molecule has 7 heteroatoms. The molecule has 1 aliphatic carbocycles. The maximum atomic E-state index is 12.6. The molecule has 0 heterocycles. The fraction of sp³-hybridized carbons (Fsp3) is 0.640. The lowest BCUT2D eigenvalue weighted by Gasteiger charge is -2.31. The van der Waals surface area contributed by atoms with Crippen molar-refractivity contribution in [1.29, 1.82) is 0 Å². The van der Waals surface area contributed by atoms with Gasteiger partial charge in [-0.2, -0.15) is 13.2 Å². The van der Waals surface area contributed by atoms with E-state index in [9.17, 15) is 18.0 Å². The molecule has 1 saturated carbocycles. The molecule has 0 N–H and O–H groups in total. The summed E-state index contributed by atoms with van der Waals surface area (Å²) in [4.78, 5) is 16.1. The van der Waals surface area contributed by atoms with Crippen LogP contribution in [0.15, 0.2) is 36.9 Å². The van der Waals surface area contributed by atoms with Crippen molar-refractivity contribution in [3.05, 3.63) is 42.5 Å². The Labute approximate surface area is 190 Å². The number of alkyl halides is 3. The van der Waals surface area contributed by atoms with Crippen LogP contribution in [0.25, 0.3) is 0 Å². The highest BCUT2D eigenvalue weighted by molar-refractivity contribution is 5.70. The second-order valence-electron chi connectivity index (χ2n) is 9.06. The minimum absolute atomic E-state index is 0.120. The van der Waals surface area contributed by atoms with E-state index >= 15 is 0 Å². The van der Waals surface area contributed by atoms with E-state index in [0.29, 0.717) is 12.5 Å². The van der Waals surface area contributed by atoms with Gasteiger partial charge in [0.05, 0.1) is 5.56 Å². The van der Waals surface area contributed by atoms with E-state index in [4.69, 9.17) is 4.74 Å². The molecule has 4 nitrogen and oxygen atoms in total. The Morgan fingerprint density at radius 2 is 1.69 bits per heavy atom. The predicted molar refractivity (Wildman–Crippen MR) is 122 cm³/mol. The maximum Gasteiger partial charge on any atom is 0.416 e. The van der Waals surface area contributed by atoms with Gasteiger partial charge in [0.15, 0.2) is 0 Å². The molecular weight excluding hydrogens is 417 g/mol. The molecule has 0 aliphatic heterocycles. The number of likely N-dealkylation sites (N-methyl/N-ethyl adjacent to an activating group) is 1. The minimum Gasteiger partial charge on any atom is -0.410 e. The van der Waals surface area contributed by atoms with Crippen LogP contribution in [0, 0.1) is 11.8 Å². The highest BCUT2D eigenvalue weighted by atomic mass is 19.4. The molecule has 1 aromatic rings. The third-order valence-corrected chi connectivity index (χ3v) is 6.29. The number of halogens is 3. The van der Waals surface area contributed by atoms with Crippen LogP contribution in [0.2, 0.25) is 0 Å². The van der Waals surface area contributed by atoms with E-state index in [1.54, 1.807) is 7.05 Å². The molecule has 0 unspecified atom stereocenters. The number of unbranched alkanes of at least 4 members (excludes halogenated alkanes) is 2. The van der Waals surface area contributed by atoms with Crippen molar-refractivity contribution in [2.45, 2.75) is 57.5 Å². The molecule has 0 bridgehead atoms. The molecule has 1 aliphatic rings. The first-order valence-corrected chi connectivity index (χ1v) is 11.6. The lowest BCUT2D eigenvalue weighted by Crippen LogP contribution is -2.35. The fourth-order valence-electron chi connectivity index (χ4n) is 4.36. The SMILES string of the molecule is C=CCN(C)CCCCCC1CCC(CN(C)C(=O)Oc2ccc(C(F)(F)F)cc2)CC1. The molecule has 0 radical (unpaired) electrons. The Balaban J connectivity index is 1.63. The molecular formula is C25H37F3N2O2. The van der Waals surface area contributed by atoms with Crippen molar-refractivity contribution in [1.82, 2.24) is 9.80 Å². The van der Waals surface area contributed by atoms with Crippen molar-refractivity contribution in [3.63, 3.8) is 0 Å². The van der Waals surface area contributed by atoms with E-state index in [0.717, 1.165) is 44.0 Å². The topological polar surface area (TPSA) is 32.8 Å². The summed E-state index contributed by atoms with van der Waals surface area (Å²) in [7, 11) is 3.81. The summed E-state index contributed by atoms with van der Waals surface area (Å²) in [5.41, 5.74) is -0.762. The Hall–Kier alpha value is -2.02. The molecule has 1 amide bonds. The Morgan fingerprint density at radius 1 is 1.06 bits per heavy atom. The standard InChI is InChI=1S/C25H37F3N2O2/c1-4-17-29(2)18-7-5-6-8-20-9-11-21(12-10-20)19-30(3)24(31)32-23-15-13-22(14-16-23)25(26,27)28/h4,13-16,20-21H,1,5-12,17-19H2,2-3H3. The molecule has 0 atom stereocenters. The first-order valence-electron chi connectivity index (χ1n) is 11.6. The first kappa shape index (κ1) is 26.2. The van der Waals surface area contributed by atoms with Crippen LogP contribution in [-0.4, -0.2) is 49.6 Å². The van der Waals surface area contributed by atoms with Gasteiger partial charge in [0.2, 0.25) is 0 Å². The summed E-state index contributed by atoms with van der Waals surface area (Å²) < 4.78 is 43.1. The summed E-state index contributed by atoms with van der Waals surface area (Å²) in [5, 5.41) is 0. The normalized spacial score (nSPS) is 19.1. The zero-order chi connectivity index (χ0) is 23.6. The third-order valence-electron chi connectivity index (χ3n) is 6.29. The minimum atomic E-state index is -4.40. The van der Waals surface area contributed by atoms with Crippen molar-refractivity contribution in [3.8, 4) is 5.75 Å². The number of carbonyl (C=O) groups excluding carboxylic acids is 1.